The molecule has 6 nitrogen and oxygen atoms in total. The largest absolute Gasteiger partial charge is 0.326 e. The lowest BCUT2D eigenvalue weighted by atomic mass is 9.94. The van der Waals surface area contributed by atoms with Crippen molar-refractivity contribution in [2.75, 3.05) is 10.6 Å². The van der Waals surface area contributed by atoms with Crippen molar-refractivity contribution in [1.29, 1.82) is 0 Å². The van der Waals surface area contributed by atoms with Crippen LogP contribution in [0.25, 0.3) is 0 Å². The first kappa shape index (κ1) is 16.2. The van der Waals surface area contributed by atoms with E-state index in [1.165, 1.54) is 0 Å². The predicted molar refractivity (Wildman–Crippen MR) is 95.8 cm³/mol. The van der Waals surface area contributed by atoms with E-state index in [2.05, 4.69) is 25.8 Å². The van der Waals surface area contributed by atoms with Crippen LogP contribution in [0.15, 0.2) is 53.5 Å². The normalized spacial score (nSPS) is 18.7. The van der Waals surface area contributed by atoms with Gasteiger partial charge in [-0.25, -0.2) is 13.8 Å². The van der Waals surface area contributed by atoms with E-state index >= 15 is 0 Å². The average molecular weight is 354 g/mol. The van der Waals surface area contributed by atoms with Crippen molar-refractivity contribution >= 4 is 17.3 Å². The van der Waals surface area contributed by atoms with Crippen molar-refractivity contribution in [3.05, 3.63) is 77.1 Å². The summed E-state index contributed by atoms with van der Waals surface area (Å²) in [6, 6.07) is 12.3. The number of hydrogen-bond donors (Lipinski definition) is 4. The summed E-state index contributed by atoms with van der Waals surface area (Å²) in [5, 5.41) is 12.9. The fraction of sp³-hybridized carbons (Fsp3) is 0.111. The number of rotatable bonds is 2. The maximum atomic E-state index is 14.0. The predicted octanol–water partition coefficient (Wildman–Crippen LogP) is 3.05. The quantitative estimate of drug-likeness (QED) is 0.569. The highest BCUT2D eigenvalue weighted by atomic mass is 19.1. The zero-order chi connectivity index (χ0) is 18.3. The highest BCUT2D eigenvalue weighted by Gasteiger charge is 2.37. The molecule has 4 rings (SSSR count). The Morgan fingerprint density at radius 1 is 1.12 bits per heavy atom. The van der Waals surface area contributed by atoms with Gasteiger partial charge in [0.25, 0.3) is 0 Å². The lowest BCUT2D eigenvalue weighted by molar-refractivity contribution is 0.546. The number of halogens is 2. The zero-order valence-corrected chi connectivity index (χ0v) is 13.8. The fourth-order valence-electron chi connectivity index (χ4n) is 2.91. The second-order valence-corrected chi connectivity index (χ2v) is 6.08. The van der Waals surface area contributed by atoms with E-state index in [1.807, 2.05) is 31.2 Å². The minimum Gasteiger partial charge on any atom is -0.326 e. The number of para-hydroxylation sites is 1. The monoisotopic (exact) mass is 354 g/mol. The van der Waals surface area contributed by atoms with Gasteiger partial charge in [0.05, 0.1) is 5.69 Å². The summed E-state index contributed by atoms with van der Waals surface area (Å²) in [7, 11) is 0. The van der Waals surface area contributed by atoms with Gasteiger partial charge in [0.2, 0.25) is 5.96 Å². The van der Waals surface area contributed by atoms with Crippen molar-refractivity contribution in [2.24, 2.45) is 10.7 Å². The van der Waals surface area contributed by atoms with Crippen molar-refractivity contribution in [1.82, 2.24) is 10.2 Å². The Morgan fingerprint density at radius 2 is 1.92 bits per heavy atom. The molecule has 0 fully saturated rings. The molecule has 1 atom stereocenters. The molecule has 1 aliphatic heterocycles. The molecule has 0 saturated carbocycles. The van der Waals surface area contributed by atoms with Crippen LogP contribution in [0.5, 0.6) is 0 Å². The van der Waals surface area contributed by atoms with E-state index in [0.29, 0.717) is 11.4 Å². The molecule has 1 unspecified atom stereocenters. The molecule has 3 aromatic rings. The number of aromatic amines is 1. The molecular weight excluding hydrogens is 338 g/mol. The van der Waals surface area contributed by atoms with E-state index in [-0.39, 0.29) is 11.6 Å². The Kier molecular flexibility index (Phi) is 3.69. The topological polar surface area (TPSA) is 91.1 Å². The van der Waals surface area contributed by atoms with Crippen LogP contribution >= 0.6 is 0 Å². The van der Waals surface area contributed by atoms with Crippen LogP contribution in [0.3, 0.4) is 0 Å². The molecular formula is C18H16F2N6. The molecule has 2 heterocycles. The van der Waals surface area contributed by atoms with Gasteiger partial charge in [-0.2, -0.15) is 5.10 Å². The first-order chi connectivity index (χ1) is 12.5. The van der Waals surface area contributed by atoms with Crippen molar-refractivity contribution < 1.29 is 8.78 Å². The van der Waals surface area contributed by atoms with Gasteiger partial charge in [0.15, 0.2) is 5.66 Å². The van der Waals surface area contributed by atoms with E-state index in [1.54, 1.807) is 6.07 Å². The molecule has 26 heavy (non-hydrogen) atoms. The standard InChI is InChI=1S/C18H16F2N6/c1-10-8-16(26-25-10)18(21)12-4-2-3-5-14(12)22-17(24-18)23-15-9-11(19)6-7-13(15)20/h2-9H,21H2,1H3,(H,25,26)(H2,22,23,24). The van der Waals surface area contributed by atoms with Crippen LogP contribution in [-0.4, -0.2) is 16.2 Å². The number of H-pyrrole nitrogens is 1. The Labute approximate surface area is 148 Å². The smallest absolute Gasteiger partial charge is 0.203 e. The van der Waals surface area contributed by atoms with Gasteiger partial charge < -0.3 is 10.6 Å². The van der Waals surface area contributed by atoms with Crippen molar-refractivity contribution in [2.45, 2.75) is 12.6 Å². The molecule has 0 spiro atoms. The van der Waals surface area contributed by atoms with Gasteiger partial charge in [-0.05, 0) is 31.2 Å². The molecule has 132 valence electrons. The summed E-state index contributed by atoms with van der Waals surface area (Å²) in [6.07, 6.45) is 0. The molecule has 2 aromatic carbocycles. The SMILES string of the molecule is Cc1cc(C2(N)N=C(Nc3cc(F)ccc3F)Nc3ccccc32)n[nH]1. The number of benzene rings is 2. The second kappa shape index (κ2) is 5.92. The fourth-order valence-corrected chi connectivity index (χ4v) is 2.91. The van der Waals surface area contributed by atoms with E-state index in [4.69, 9.17) is 5.73 Å². The number of aliphatic imine (C=N–C) groups is 1. The number of fused-ring (bicyclic) bond motifs is 1. The van der Waals surface area contributed by atoms with Gasteiger partial charge in [-0.1, -0.05) is 18.2 Å². The molecule has 5 N–H and O–H groups in total. The van der Waals surface area contributed by atoms with Gasteiger partial charge in [-0.15, -0.1) is 0 Å². The summed E-state index contributed by atoms with van der Waals surface area (Å²) in [5.41, 5.74) is 8.05. The number of aromatic nitrogens is 2. The van der Waals surface area contributed by atoms with Gasteiger partial charge in [-0.3, -0.25) is 10.8 Å². The Bertz CT molecular complexity index is 1010. The minimum absolute atomic E-state index is 0.0452. The third-order valence-corrected chi connectivity index (χ3v) is 4.16. The van der Waals surface area contributed by atoms with Crippen LogP contribution in [0, 0.1) is 18.6 Å². The molecule has 0 bridgehead atoms. The molecule has 0 saturated heterocycles. The summed E-state index contributed by atoms with van der Waals surface area (Å²) in [4.78, 5) is 4.51. The molecule has 0 amide bonds. The lowest BCUT2D eigenvalue weighted by Gasteiger charge is -2.32. The second-order valence-electron chi connectivity index (χ2n) is 6.08. The van der Waals surface area contributed by atoms with E-state index in [9.17, 15) is 8.78 Å². The Morgan fingerprint density at radius 3 is 2.69 bits per heavy atom. The number of anilines is 2. The van der Waals surface area contributed by atoms with Gasteiger partial charge in [0, 0.05) is 23.0 Å². The van der Waals surface area contributed by atoms with E-state index < -0.39 is 17.3 Å². The van der Waals surface area contributed by atoms with Crippen LogP contribution < -0.4 is 16.4 Å². The van der Waals surface area contributed by atoms with Crippen LogP contribution in [0.4, 0.5) is 20.2 Å². The average Bonchev–Trinajstić information content (AvgIpc) is 3.05. The van der Waals surface area contributed by atoms with Crippen LogP contribution in [0.1, 0.15) is 17.0 Å². The van der Waals surface area contributed by atoms with Gasteiger partial charge in [0.1, 0.15) is 17.3 Å². The number of guanidine groups is 1. The molecule has 1 aliphatic rings. The highest BCUT2D eigenvalue weighted by molar-refractivity contribution is 6.06. The first-order valence-corrected chi connectivity index (χ1v) is 7.95. The molecule has 0 aliphatic carbocycles. The molecule has 0 radical (unpaired) electrons. The van der Waals surface area contributed by atoms with Crippen LogP contribution in [-0.2, 0) is 5.66 Å². The number of aryl methyl sites for hydroxylation is 1. The third kappa shape index (κ3) is 2.70. The Balaban J connectivity index is 1.80. The summed E-state index contributed by atoms with van der Waals surface area (Å²) < 4.78 is 27.4. The third-order valence-electron chi connectivity index (χ3n) is 4.16. The van der Waals surface area contributed by atoms with Crippen molar-refractivity contribution in [3.63, 3.8) is 0 Å². The summed E-state index contributed by atoms with van der Waals surface area (Å²) in [5.74, 6) is -0.975. The zero-order valence-electron chi connectivity index (χ0n) is 13.8. The maximum absolute atomic E-state index is 14.0. The summed E-state index contributed by atoms with van der Waals surface area (Å²) in [6.45, 7) is 1.86. The molecule has 1 aromatic heterocycles. The number of nitrogens with one attached hydrogen (secondary N) is 3. The Hall–Kier alpha value is -3.26. The van der Waals surface area contributed by atoms with Gasteiger partial charge >= 0.3 is 0 Å². The number of nitrogens with two attached hydrogens (primary N) is 1. The number of nitrogens with zero attached hydrogens (tertiary/aromatic N) is 2. The highest BCUT2D eigenvalue weighted by Crippen LogP contribution is 2.36. The van der Waals surface area contributed by atoms with Crippen molar-refractivity contribution in [3.8, 4) is 0 Å². The minimum atomic E-state index is -1.28. The number of hydrogen-bond acceptors (Lipinski definition) is 5. The maximum Gasteiger partial charge on any atom is 0.203 e. The lowest BCUT2D eigenvalue weighted by Crippen LogP contribution is -2.44. The van der Waals surface area contributed by atoms with Crippen LogP contribution in [0.2, 0.25) is 0 Å². The summed E-state index contributed by atoms with van der Waals surface area (Å²) >= 11 is 0. The first-order valence-electron chi connectivity index (χ1n) is 7.95. The van der Waals surface area contributed by atoms with E-state index in [0.717, 1.165) is 29.5 Å². The molecule has 8 heteroatoms.